The van der Waals surface area contributed by atoms with Crippen molar-refractivity contribution in [3.63, 3.8) is 0 Å². The van der Waals surface area contributed by atoms with Gasteiger partial charge in [0.2, 0.25) is 5.43 Å². The highest BCUT2D eigenvalue weighted by molar-refractivity contribution is 6.27. The Morgan fingerprint density at radius 3 is 2.68 bits per heavy atom. The van der Waals surface area contributed by atoms with Gasteiger partial charge in [-0.1, -0.05) is 19.1 Å². The molecule has 1 aromatic carbocycles. The number of pyridine rings is 1. The molecule has 31 heavy (non-hydrogen) atoms. The first-order valence-electron chi connectivity index (χ1n) is 10.7. The molecule has 0 amide bonds. The van der Waals surface area contributed by atoms with E-state index in [9.17, 15) is 14.7 Å². The Kier molecular flexibility index (Phi) is 4.68. The minimum absolute atomic E-state index is 0.0304. The molecule has 2 aromatic rings. The van der Waals surface area contributed by atoms with Gasteiger partial charge in [-0.3, -0.25) is 4.79 Å². The maximum absolute atomic E-state index is 15.6. The first-order chi connectivity index (χ1) is 14.7. The summed E-state index contributed by atoms with van der Waals surface area (Å²) in [4.78, 5) is 28.4. The van der Waals surface area contributed by atoms with Crippen molar-refractivity contribution in [3.8, 4) is 0 Å². The Hall–Kier alpha value is -2.38. The van der Waals surface area contributed by atoms with Gasteiger partial charge in [-0.15, -0.1) is 11.6 Å². The van der Waals surface area contributed by atoms with Gasteiger partial charge in [0.15, 0.2) is 0 Å². The standard InChI is InChI=1S/C23H25ClFN3O3/c1-11-3-4-17(26-2)15-10-28(9-14(11)15)20-16(25)7-12-19(18(20)23(24)5-6-23)27-8-13(21(12)29)22(30)31/h3-4,7-8,11,14-15,17,26H,5-6,9-10H2,1-2H3,(H,27,29)(H,30,31). The van der Waals surface area contributed by atoms with E-state index in [1.54, 1.807) is 0 Å². The minimum atomic E-state index is -1.34. The number of aromatic carboxylic acids is 1. The second kappa shape index (κ2) is 7.07. The third-order valence-corrected chi connectivity index (χ3v) is 7.86. The molecule has 2 heterocycles. The van der Waals surface area contributed by atoms with Gasteiger partial charge >= 0.3 is 5.97 Å². The molecule has 164 valence electrons. The molecule has 1 saturated carbocycles. The normalized spacial score (nSPS) is 28.7. The Bertz CT molecular complexity index is 1170. The van der Waals surface area contributed by atoms with E-state index >= 15 is 4.39 Å². The fraction of sp³-hybridized carbons (Fsp3) is 0.478. The fourth-order valence-corrected chi connectivity index (χ4v) is 5.73. The number of fused-ring (bicyclic) bond motifs is 2. The van der Waals surface area contributed by atoms with Crippen LogP contribution in [0.25, 0.3) is 10.9 Å². The van der Waals surface area contributed by atoms with Crippen LogP contribution in [0.5, 0.6) is 0 Å². The van der Waals surface area contributed by atoms with E-state index in [0.29, 0.717) is 60.5 Å². The summed E-state index contributed by atoms with van der Waals surface area (Å²) in [6, 6.07) is 1.39. The summed E-state index contributed by atoms with van der Waals surface area (Å²) in [6.45, 7) is 3.58. The third kappa shape index (κ3) is 3.09. The molecule has 2 fully saturated rings. The summed E-state index contributed by atoms with van der Waals surface area (Å²) in [5, 5.41) is 12.7. The Labute approximate surface area is 184 Å². The molecule has 5 rings (SSSR count). The zero-order valence-corrected chi connectivity index (χ0v) is 18.2. The SMILES string of the molecule is CNC1C=CC(C)C2CN(c3c(F)cc4c(=O)c(C(=O)O)c[nH]c4c3C3(Cl)CC3)CC12. The van der Waals surface area contributed by atoms with Gasteiger partial charge in [0.1, 0.15) is 11.4 Å². The molecular weight excluding hydrogens is 421 g/mol. The molecule has 1 saturated heterocycles. The largest absolute Gasteiger partial charge is 0.477 e. The molecule has 1 aliphatic heterocycles. The number of carboxylic acid groups (broad SMARTS) is 1. The lowest BCUT2D eigenvalue weighted by molar-refractivity contribution is 0.0695. The maximum Gasteiger partial charge on any atom is 0.341 e. The number of aromatic nitrogens is 1. The van der Waals surface area contributed by atoms with Crippen LogP contribution in [0.1, 0.15) is 35.7 Å². The van der Waals surface area contributed by atoms with E-state index in [0.717, 1.165) is 0 Å². The molecule has 0 spiro atoms. The zero-order valence-electron chi connectivity index (χ0n) is 17.4. The van der Waals surface area contributed by atoms with E-state index in [1.807, 2.05) is 7.05 Å². The van der Waals surface area contributed by atoms with Crippen LogP contribution in [0.15, 0.2) is 29.2 Å². The predicted molar refractivity (Wildman–Crippen MR) is 119 cm³/mol. The number of halogens is 2. The molecular formula is C23H25ClFN3O3. The predicted octanol–water partition coefficient (Wildman–Crippen LogP) is 3.44. The number of hydrogen-bond donors (Lipinski definition) is 3. The summed E-state index contributed by atoms with van der Waals surface area (Å²) in [5.41, 5.74) is 0.352. The molecule has 3 N–H and O–H groups in total. The Morgan fingerprint density at radius 2 is 2.03 bits per heavy atom. The average molecular weight is 446 g/mol. The highest BCUT2D eigenvalue weighted by Gasteiger charge is 2.49. The smallest absolute Gasteiger partial charge is 0.341 e. The van der Waals surface area contributed by atoms with Gasteiger partial charge in [0.05, 0.1) is 16.1 Å². The number of H-pyrrole nitrogens is 1. The summed E-state index contributed by atoms with van der Waals surface area (Å²) in [5.74, 6) is -0.765. The first kappa shape index (κ1) is 20.5. The van der Waals surface area contributed by atoms with E-state index in [2.05, 4.69) is 34.3 Å². The number of anilines is 1. The lowest BCUT2D eigenvalue weighted by atomic mass is 9.76. The molecule has 3 aliphatic rings. The summed E-state index contributed by atoms with van der Waals surface area (Å²) >= 11 is 6.84. The number of aromatic amines is 1. The monoisotopic (exact) mass is 445 g/mol. The van der Waals surface area contributed by atoms with Gasteiger partial charge in [-0.2, -0.15) is 0 Å². The number of hydrogen-bond acceptors (Lipinski definition) is 4. The molecule has 6 nitrogen and oxygen atoms in total. The van der Waals surface area contributed by atoms with Crippen molar-refractivity contribution in [2.45, 2.75) is 30.7 Å². The number of nitrogens with zero attached hydrogens (tertiary/aromatic N) is 1. The number of allylic oxidation sites excluding steroid dienone is 1. The van der Waals surface area contributed by atoms with Crippen molar-refractivity contribution >= 4 is 34.2 Å². The maximum atomic E-state index is 15.6. The average Bonchev–Trinajstić information content (AvgIpc) is 3.31. The van der Waals surface area contributed by atoms with E-state index < -0.39 is 27.7 Å². The summed E-state index contributed by atoms with van der Waals surface area (Å²) in [7, 11) is 1.94. The number of rotatable bonds is 4. The van der Waals surface area contributed by atoms with Gasteiger partial charge < -0.3 is 20.3 Å². The lowest BCUT2D eigenvalue weighted by Crippen LogP contribution is -2.40. The fourth-order valence-electron chi connectivity index (χ4n) is 5.45. The van der Waals surface area contributed by atoms with Crippen molar-refractivity contribution in [1.29, 1.82) is 0 Å². The van der Waals surface area contributed by atoms with Crippen molar-refractivity contribution in [2.24, 2.45) is 17.8 Å². The van der Waals surface area contributed by atoms with Crippen molar-refractivity contribution in [3.05, 3.63) is 51.6 Å². The van der Waals surface area contributed by atoms with Crippen LogP contribution in [-0.4, -0.2) is 42.2 Å². The van der Waals surface area contributed by atoms with Crippen LogP contribution in [0.3, 0.4) is 0 Å². The zero-order chi connectivity index (χ0) is 22.1. The van der Waals surface area contributed by atoms with Crippen LogP contribution in [-0.2, 0) is 4.87 Å². The van der Waals surface area contributed by atoms with Crippen LogP contribution < -0.4 is 15.6 Å². The van der Waals surface area contributed by atoms with E-state index in [4.69, 9.17) is 11.6 Å². The highest BCUT2D eigenvalue weighted by Crippen LogP contribution is 2.57. The molecule has 1 aromatic heterocycles. The second-order valence-electron chi connectivity index (χ2n) is 9.10. The topological polar surface area (TPSA) is 85.4 Å². The number of carboxylic acids is 1. The number of nitrogens with one attached hydrogen (secondary N) is 2. The molecule has 0 radical (unpaired) electrons. The van der Waals surface area contributed by atoms with E-state index in [1.165, 1.54) is 12.3 Å². The van der Waals surface area contributed by atoms with Crippen molar-refractivity contribution in [1.82, 2.24) is 10.3 Å². The van der Waals surface area contributed by atoms with Gasteiger partial charge in [0, 0.05) is 42.2 Å². The van der Waals surface area contributed by atoms with Crippen LogP contribution in [0.4, 0.5) is 10.1 Å². The van der Waals surface area contributed by atoms with Gasteiger partial charge in [0.25, 0.3) is 0 Å². The van der Waals surface area contributed by atoms with Crippen LogP contribution >= 0.6 is 11.6 Å². The summed E-state index contributed by atoms with van der Waals surface area (Å²) < 4.78 is 15.6. The lowest BCUT2D eigenvalue weighted by Gasteiger charge is -2.32. The number of carbonyl (C=O) groups is 1. The van der Waals surface area contributed by atoms with Crippen LogP contribution in [0.2, 0.25) is 0 Å². The van der Waals surface area contributed by atoms with Gasteiger partial charge in [-0.25, -0.2) is 9.18 Å². The quantitative estimate of drug-likeness (QED) is 0.496. The summed E-state index contributed by atoms with van der Waals surface area (Å²) in [6.07, 6.45) is 6.97. The van der Waals surface area contributed by atoms with Crippen molar-refractivity contribution in [2.75, 3.05) is 25.0 Å². The molecule has 4 atom stereocenters. The van der Waals surface area contributed by atoms with Crippen LogP contribution in [0, 0.1) is 23.6 Å². The minimum Gasteiger partial charge on any atom is -0.477 e. The molecule has 8 heteroatoms. The van der Waals surface area contributed by atoms with E-state index in [-0.39, 0.29) is 11.4 Å². The Morgan fingerprint density at radius 1 is 1.32 bits per heavy atom. The highest BCUT2D eigenvalue weighted by atomic mass is 35.5. The third-order valence-electron chi connectivity index (χ3n) is 7.29. The van der Waals surface area contributed by atoms with Crippen molar-refractivity contribution < 1.29 is 14.3 Å². The molecule has 0 bridgehead atoms. The van der Waals surface area contributed by atoms with Gasteiger partial charge in [-0.05, 0) is 37.8 Å². The number of benzene rings is 1. The number of likely N-dealkylation sites (N-methyl/N-ethyl adjacent to an activating group) is 1. The molecule has 4 unspecified atom stereocenters. The Balaban J connectivity index is 1.68. The molecule has 2 aliphatic carbocycles. The number of alkyl halides is 1. The second-order valence-corrected chi connectivity index (χ2v) is 9.82. The first-order valence-corrected chi connectivity index (χ1v) is 11.0.